The third-order valence-corrected chi connectivity index (χ3v) is 12.2. The Labute approximate surface area is 359 Å². The number of nitrogens with one attached hydrogen (secondary N) is 1. The highest BCUT2D eigenvalue weighted by Gasteiger charge is 2.26. The zero-order valence-corrected chi connectivity index (χ0v) is 33.7. The third-order valence-electron chi connectivity index (χ3n) is 12.2. The van der Waals surface area contributed by atoms with E-state index in [1.165, 1.54) is 16.3 Å². The van der Waals surface area contributed by atoms with Crippen LogP contribution in [0.5, 0.6) is 0 Å². The molecule has 1 N–H and O–H groups in total. The lowest BCUT2D eigenvalue weighted by Gasteiger charge is -2.24. The predicted octanol–water partition coefficient (Wildman–Crippen LogP) is 13.8. The lowest BCUT2D eigenvalue weighted by Crippen LogP contribution is -2.35. The molecule has 0 fully saturated rings. The number of aliphatic imine (C=N–C) groups is 2. The summed E-state index contributed by atoms with van der Waals surface area (Å²) in [5.41, 5.74) is 14.5. The highest BCUT2D eigenvalue weighted by atomic mass is 15.3. The zero-order chi connectivity index (χ0) is 41.0. The Balaban J connectivity index is 1.13. The summed E-state index contributed by atoms with van der Waals surface area (Å²) < 4.78 is 4.73. The molecule has 5 heteroatoms. The molecule has 0 amide bonds. The molecule has 0 spiro atoms. The van der Waals surface area contributed by atoms with Crippen LogP contribution in [0, 0.1) is 0 Å². The summed E-state index contributed by atoms with van der Waals surface area (Å²) in [6.45, 7) is 0. The number of benzene rings is 9. The fraction of sp³-hybridized carbons (Fsp3) is 0.0175. The number of rotatable bonds is 6. The maximum Gasteiger partial charge on any atom is 0.234 e. The summed E-state index contributed by atoms with van der Waals surface area (Å²) in [5, 5.41) is 8.41. The molecule has 1 atom stereocenters. The van der Waals surface area contributed by atoms with Gasteiger partial charge in [0, 0.05) is 32.7 Å². The van der Waals surface area contributed by atoms with Gasteiger partial charge >= 0.3 is 0 Å². The maximum absolute atomic E-state index is 5.48. The molecule has 1 aliphatic heterocycles. The first kappa shape index (κ1) is 35.6. The van der Waals surface area contributed by atoms with Crippen LogP contribution in [0.1, 0.15) is 17.3 Å². The number of para-hydroxylation sites is 2. The van der Waals surface area contributed by atoms with Gasteiger partial charge < -0.3 is 9.88 Å². The molecular weight excluding hydrogens is 755 g/mol. The lowest BCUT2D eigenvalue weighted by molar-refractivity contribution is 0.669. The van der Waals surface area contributed by atoms with Crippen LogP contribution in [0.25, 0.3) is 82.7 Å². The summed E-state index contributed by atoms with van der Waals surface area (Å²) in [5.74, 6) is 1.40. The minimum absolute atomic E-state index is 0.387. The molecule has 5 nitrogen and oxygen atoms in total. The highest BCUT2D eigenvalue weighted by molar-refractivity contribution is 6.22. The Kier molecular flexibility index (Phi) is 8.49. The molecule has 0 saturated carbocycles. The van der Waals surface area contributed by atoms with E-state index in [9.17, 15) is 0 Å². The minimum atomic E-state index is -0.387. The van der Waals surface area contributed by atoms with Gasteiger partial charge in [0.2, 0.25) is 5.96 Å². The fourth-order valence-corrected chi connectivity index (χ4v) is 9.26. The van der Waals surface area contributed by atoms with Crippen LogP contribution in [-0.2, 0) is 0 Å². The van der Waals surface area contributed by atoms with Gasteiger partial charge in [-0.1, -0.05) is 188 Å². The Hall–Kier alpha value is -8.28. The van der Waals surface area contributed by atoms with Crippen LogP contribution in [0.2, 0.25) is 0 Å². The van der Waals surface area contributed by atoms with Crippen molar-refractivity contribution in [3.8, 4) is 39.1 Å². The first-order valence-corrected chi connectivity index (χ1v) is 21.1. The van der Waals surface area contributed by atoms with Crippen LogP contribution in [0.3, 0.4) is 0 Å². The van der Waals surface area contributed by atoms with Crippen molar-refractivity contribution in [3.05, 3.63) is 236 Å². The van der Waals surface area contributed by atoms with Crippen LogP contribution < -0.4 is 5.32 Å². The average molecular weight is 794 g/mol. The van der Waals surface area contributed by atoms with Crippen molar-refractivity contribution in [2.24, 2.45) is 9.98 Å². The fourth-order valence-electron chi connectivity index (χ4n) is 9.26. The minimum Gasteiger partial charge on any atom is -0.344 e. The second-order valence-electron chi connectivity index (χ2n) is 15.8. The van der Waals surface area contributed by atoms with Gasteiger partial charge in [0.15, 0.2) is 0 Å². The smallest absolute Gasteiger partial charge is 0.234 e. The normalized spacial score (nSPS) is 14.0. The first-order chi connectivity index (χ1) is 30.7. The van der Waals surface area contributed by atoms with Crippen molar-refractivity contribution >= 4 is 55.4 Å². The van der Waals surface area contributed by atoms with Gasteiger partial charge in [-0.15, -0.1) is 0 Å². The molecule has 11 aromatic rings. The van der Waals surface area contributed by atoms with E-state index in [0.29, 0.717) is 5.96 Å². The molecule has 0 bridgehead atoms. The van der Waals surface area contributed by atoms with Crippen molar-refractivity contribution in [1.29, 1.82) is 0 Å². The van der Waals surface area contributed by atoms with Gasteiger partial charge in [0.05, 0.1) is 27.8 Å². The summed E-state index contributed by atoms with van der Waals surface area (Å²) in [6.07, 6.45) is -0.387. The standard InChI is InChI=1S/C57H39N5/c1-5-18-38(19-6-1)42-26-17-27-44(34-42)56-58-55(41-24-11-4-12-25-41)59-57(60-56)62-51-31-16-14-29-47(51)49-36-48-46-28-13-15-30-50(46)61(53(48)37-54(49)62)52-35-43(39-20-7-2-8-21-39)32-33-45(52)40-22-9-3-10-23-40/h1-37,56H,(H,58,59,60). The van der Waals surface area contributed by atoms with Crippen molar-refractivity contribution in [2.45, 2.75) is 6.17 Å². The number of nitrogens with zero attached hydrogens (tertiary/aromatic N) is 4. The molecule has 0 saturated heterocycles. The molecule has 0 radical (unpaired) electrons. The van der Waals surface area contributed by atoms with Crippen molar-refractivity contribution in [3.63, 3.8) is 0 Å². The van der Waals surface area contributed by atoms with Crippen molar-refractivity contribution in [1.82, 2.24) is 14.5 Å². The topological polar surface area (TPSA) is 46.6 Å². The third kappa shape index (κ3) is 6.02. The average Bonchev–Trinajstić information content (AvgIpc) is 3.86. The van der Waals surface area contributed by atoms with Crippen molar-refractivity contribution in [2.75, 3.05) is 0 Å². The summed E-state index contributed by atoms with van der Waals surface area (Å²) in [4.78, 5) is 10.8. The van der Waals surface area contributed by atoms with Gasteiger partial charge in [-0.05, 0) is 69.8 Å². The van der Waals surface area contributed by atoms with E-state index >= 15 is 0 Å². The van der Waals surface area contributed by atoms with E-state index in [4.69, 9.17) is 9.98 Å². The molecular formula is C57H39N5. The molecule has 0 aliphatic carbocycles. The second-order valence-corrected chi connectivity index (χ2v) is 15.8. The van der Waals surface area contributed by atoms with E-state index in [1.807, 2.05) is 6.07 Å². The molecule has 1 unspecified atom stereocenters. The van der Waals surface area contributed by atoms with Gasteiger partial charge in [0.1, 0.15) is 12.0 Å². The zero-order valence-electron chi connectivity index (χ0n) is 33.7. The quantitative estimate of drug-likeness (QED) is 0.179. The largest absolute Gasteiger partial charge is 0.344 e. The SMILES string of the molecule is c1ccc(C2=NC(n3c4ccccc4c4cc5c6ccccc6n(-c6cc(-c7ccccc7)ccc6-c6ccccc6)c5cc43)=NC(c3cccc(-c4ccccc4)c3)N2)cc1. The predicted molar refractivity (Wildman–Crippen MR) is 258 cm³/mol. The number of aromatic nitrogens is 2. The summed E-state index contributed by atoms with van der Waals surface area (Å²) >= 11 is 0. The van der Waals surface area contributed by atoms with Gasteiger partial charge in [-0.3, -0.25) is 4.57 Å². The highest BCUT2D eigenvalue weighted by Crippen LogP contribution is 2.42. The molecule has 62 heavy (non-hydrogen) atoms. The molecule has 12 rings (SSSR count). The Morgan fingerprint density at radius 2 is 0.871 bits per heavy atom. The van der Waals surface area contributed by atoms with Gasteiger partial charge in [-0.25, -0.2) is 4.99 Å². The van der Waals surface area contributed by atoms with Gasteiger partial charge in [0.25, 0.3) is 0 Å². The Morgan fingerprint density at radius 1 is 0.355 bits per heavy atom. The second kappa shape index (κ2) is 14.8. The molecule has 9 aromatic carbocycles. The Bertz CT molecular complexity index is 3530. The van der Waals surface area contributed by atoms with Gasteiger partial charge in [-0.2, -0.15) is 4.99 Å². The lowest BCUT2D eigenvalue weighted by atomic mass is 9.98. The van der Waals surface area contributed by atoms with Crippen LogP contribution >= 0.6 is 0 Å². The van der Waals surface area contributed by atoms with Crippen molar-refractivity contribution < 1.29 is 0 Å². The van der Waals surface area contributed by atoms with E-state index in [0.717, 1.165) is 83.3 Å². The monoisotopic (exact) mass is 793 g/mol. The van der Waals surface area contributed by atoms with E-state index < -0.39 is 0 Å². The number of hydrogen-bond donors (Lipinski definition) is 1. The molecule has 3 heterocycles. The summed E-state index contributed by atoms with van der Waals surface area (Å²) in [6, 6.07) is 80.0. The van der Waals surface area contributed by atoms with Crippen LogP contribution in [0.4, 0.5) is 0 Å². The number of amidine groups is 1. The van der Waals surface area contributed by atoms with Crippen LogP contribution in [0.15, 0.2) is 234 Å². The molecule has 292 valence electrons. The number of fused-ring (bicyclic) bond motifs is 6. The van der Waals surface area contributed by atoms with E-state index in [1.54, 1.807) is 0 Å². The van der Waals surface area contributed by atoms with E-state index in [-0.39, 0.29) is 6.17 Å². The molecule has 1 aliphatic rings. The van der Waals surface area contributed by atoms with Crippen LogP contribution in [-0.4, -0.2) is 20.9 Å². The first-order valence-electron chi connectivity index (χ1n) is 21.1. The maximum atomic E-state index is 5.48. The Morgan fingerprint density at radius 3 is 1.52 bits per heavy atom. The molecule has 2 aromatic heterocycles. The summed E-state index contributed by atoms with van der Waals surface area (Å²) in [7, 11) is 0. The number of hydrogen-bond acceptors (Lipinski definition) is 3. The van der Waals surface area contributed by atoms with E-state index in [2.05, 4.69) is 233 Å².